The van der Waals surface area contributed by atoms with E-state index >= 15 is 0 Å². The van der Waals surface area contributed by atoms with Gasteiger partial charge in [-0.3, -0.25) is 0 Å². The van der Waals surface area contributed by atoms with Gasteiger partial charge in [0.25, 0.3) is 0 Å². The van der Waals surface area contributed by atoms with Crippen LogP contribution in [-0.2, 0) is 9.84 Å². The van der Waals surface area contributed by atoms with Crippen molar-refractivity contribution in [3.05, 3.63) is 29.8 Å². The largest absolute Gasteiger partial charge is 0.486 e. The van der Waals surface area contributed by atoms with Crippen molar-refractivity contribution in [3.8, 4) is 5.75 Å². The zero-order valence-electron chi connectivity index (χ0n) is 10.7. The number of benzene rings is 1. The summed E-state index contributed by atoms with van der Waals surface area (Å²) in [5, 5.41) is 19.6. The van der Waals surface area contributed by atoms with Crippen molar-refractivity contribution in [3.63, 3.8) is 0 Å². The molecule has 1 aliphatic heterocycles. The molecule has 106 valence electrons. The van der Waals surface area contributed by atoms with Gasteiger partial charge in [-0.2, -0.15) is 0 Å². The number of para-hydroxylation sites is 1. The highest BCUT2D eigenvalue weighted by Crippen LogP contribution is 2.29. The van der Waals surface area contributed by atoms with Crippen LogP contribution in [0, 0.1) is 0 Å². The van der Waals surface area contributed by atoms with Crippen LogP contribution in [0.4, 0.5) is 0 Å². The molecule has 2 N–H and O–H groups in total. The van der Waals surface area contributed by atoms with Crippen LogP contribution in [0.3, 0.4) is 0 Å². The van der Waals surface area contributed by atoms with Crippen molar-refractivity contribution in [2.24, 2.45) is 0 Å². The highest BCUT2D eigenvalue weighted by Gasteiger charge is 2.38. The summed E-state index contributed by atoms with van der Waals surface area (Å²) in [6, 6.07) is 6.94. The van der Waals surface area contributed by atoms with Crippen LogP contribution in [0.5, 0.6) is 5.75 Å². The molecule has 1 aliphatic rings. The Morgan fingerprint density at radius 1 is 1.37 bits per heavy atom. The molecule has 19 heavy (non-hydrogen) atoms. The topological polar surface area (TPSA) is 83.8 Å². The van der Waals surface area contributed by atoms with E-state index in [-0.39, 0.29) is 11.5 Å². The predicted molar refractivity (Wildman–Crippen MR) is 70.8 cm³/mol. The van der Waals surface area contributed by atoms with E-state index in [9.17, 15) is 18.6 Å². The summed E-state index contributed by atoms with van der Waals surface area (Å²) in [5.41, 5.74) is 0.612. The second-order valence-corrected chi connectivity index (χ2v) is 6.92. The summed E-state index contributed by atoms with van der Waals surface area (Å²) in [6.45, 7) is 1.84. The number of ether oxygens (including phenoxy) is 1. The number of sulfone groups is 1. The van der Waals surface area contributed by atoms with Crippen molar-refractivity contribution < 1.29 is 23.4 Å². The third-order valence-electron chi connectivity index (χ3n) is 3.22. The predicted octanol–water partition coefficient (Wildman–Crippen LogP) is 0.667. The number of hydrogen-bond acceptors (Lipinski definition) is 5. The van der Waals surface area contributed by atoms with Gasteiger partial charge in [0.15, 0.2) is 9.84 Å². The van der Waals surface area contributed by atoms with E-state index in [1.54, 1.807) is 24.3 Å². The maximum absolute atomic E-state index is 11.4. The fourth-order valence-electron chi connectivity index (χ4n) is 2.16. The van der Waals surface area contributed by atoms with Gasteiger partial charge in [-0.25, -0.2) is 8.42 Å². The monoisotopic (exact) mass is 286 g/mol. The molecule has 3 atom stereocenters. The molecule has 1 aromatic carbocycles. The first-order chi connectivity index (χ1) is 8.93. The third-order valence-corrected chi connectivity index (χ3v) is 4.90. The molecule has 0 bridgehead atoms. The number of aliphatic hydroxyl groups excluding tert-OH is 2. The van der Waals surface area contributed by atoms with Crippen LogP contribution in [0.1, 0.15) is 25.0 Å². The summed E-state index contributed by atoms with van der Waals surface area (Å²) in [7, 11) is -3.24. The van der Waals surface area contributed by atoms with Crippen molar-refractivity contribution in [1.29, 1.82) is 0 Å². The molecule has 0 amide bonds. The van der Waals surface area contributed by atoms with Gasteiger partial charge in [-0.05, 0) is 12.5 Å². The Morgan fingerprint density at radius 2 is 2.05 bits per heavy atom. The molecule has 1 saturated heterocycles. The molecule has 2 rings (SSSR count). The molecule has 6 heteroatoms. The van der Waals surface area contributed by atoms with Gasteiger partial charge in [0.1, 0.15) is 18.0 Å². The SMILES string of the molecule is CC[C@H](O)c1ccccc1OC1CS(=O)(=O)CC1O. The van der Waals surface area contributed by atoms with Crippen LogP contribution in [0.2, 0.25) is 0 Å². The van der Waals surface area contributed by atoms with E-state index in [0.29, 0.717) is 17.7 Å². The molecule has 2 unspecified atom stereocenters. The van der Waals surface area contributed by atoms with Crippen molar-refractivity contribution in [2.75, 3.05) is 11.5 Å². The molecule has 0 aromatic heterocycles. The highest BCUT2D eigenvalue weighted by molar-refractivity contribution is 7.91. The Bertz CT molecular complexity index is 540. The second-order valence-electron chi connectivity index (χ2n) is 4.76. The average Bonchev–Trinajstić information content (AvgIpc) is 2.62. The van der Waals surface area contributed by atoms with Gasteiger partial charge in [0, 0.05) is 5.56 Å². The zero-order valence-corrected chi connectivity index (χ0v) is 11.5. The molecule has 1 heterocycles. The first-order valence-electron chi connectivity index (χ1n) is 6.25. The van der Waals surface area contributed by atoms with Crippen LogP contribution in [0.15, 0.2) is 24.3 Å². The summed E-state index contributed by atoms with van der Waals surface area (Å²) >= 11 is 0. The Hall–Kier alpha value is -1.11. The quantitative estimate of drug-likeness (QED) is 0.850. The fourth-order valence-corrected chi connectivity index (χ4v) is 3.82. The van der Waals surface area contributed by atoms with Gasteiger partial charge in [0.05, 0.1) is 17.6 Å². The first kappa shape index (κ1) is 14.3. The lowest BCUT2D eigenvalue weighted by Crippen LogP contribution is -2.30. The number of aliphatic hydroxyl groups is 2. The van der Waals surface area contributed by atoms with E-state index < -0.39 is 28.1 Å². The van der Waals surface area contributed by atoms with Crippen LogP contribution < -0.4 is 4.74 Å². The van der Waals surface area contributed by atoms with Gasteiger partial charge < -0.3 is 14.9 Å². The standard InChI is InChI=1S/C13H18O5S/c1-2-10(14)9-5-3-4-6-12(9)18-13-8-19(16,17)7-11(13)15/h3-6,10-11,13-15H,2,7-8H2,1H3/t10-,11?,13?/m0/s1. The molecule has 0 aliphatic carbocycles. The molecule has 5 nitrogen and oxygen atoms in total. The highest BCUT2D eigenvalue weighted by atomic mass is 32.2. The Morgan fingerprint density at radius 3 is 2.63 bits per heavy atom. The maximum Gasteiger partial charge on any atom is 0.156 e. The molecule has 1 aromatic rings. The van der Waals surface area contributed by atoms with Gasteiger partial charge >= 0.3 is 0 Å². The molecule has 0 radical (unpaired) electrons. The molecule has 0 spiro atoms. The minimum atomic E-state index is -3.24. The number of hydrogen-bond donors (Lipinski definition) is 2. The summed E-state index contributed by atoms with van der Waals surface area (Å²) in [4.78, 5) is 0. The smallest absolute Gasteiger partial charge is 0.156 e. The van der Waals surface area contributed by atoms with Gasteiger partial charge in [-0.15, -0.1) is 0 Å². The lowest BCUT2D eigenvalue weighted by Gasteiger charge is -2.20. The maximum atomic E-state index is 11.4. The zero-order chi connectivity index (χ0) is 14.0. The van der Waals surface area contributed by atoms with Crippen molar-refractivity contribution in [2.45, 2.75) is 31.7 Å². The van der Waals surface area contributed by atoms with E-state index in [4.69, 9.17) is 4.74 Å². The third kappa shape index (κ3) is 3.26. The second kappa shape index (κ2) is 5.48. The van der Waals surface area contributed by atoms with E-state index in [1.165, 1.54) is 0 Å². The van der Waals surface area contributed by atoms with E-state index in [1.807, 2.05) is 6.92 Å². The summed E-state index contributed by atoms with van der Waals surface area (Å²) < 4.78 is 28.4. The Balaban J connectivity index is 2.20. The van der Waals surface area contributed by atoms with Gasteiger partial charge in [-0.1, -0.05) is 25.1 Å². The van der Waals surface area contributed by atoms with Crippen molar-refractivity contribution in [1.82, 2.24) is 0 Å². The summed E-state index contributed by atoms with van der Waals surface area (Å²) in [6.07, 6.45) is -1.91. The van der Waals surface area contributed by atoms with Crippen LogP contribution >= 0.6 is 0 Å². The Kier molecular flexibility index (Phi) is 4.13. The van der Waals surface area contributed by atoms with E-state index in [2.05, 4.69) is 0 Å². The summed E-state index contributed by atoms with van der Waals surface area (Å²) in [5.74, 6) is -0.0288. The molecule has 1 fully saturated rings. The normalized spacial score (nSPS) is 27.1. The number of rotatable bonds is 4. The molecule has 0 saturated carbocycles. The van der Waals surface area contributed by atoms with Crippen molar-refractivity contribution >= 4 is 9.84 Å². The average molecular weight is 286 g/mol. The first-order valence-corrected chi connectivity index (χ1v) is 8.07. The van der Waals surface area contributed by atoms with Gasteiger partial charge in [0.2, 0.25) is 0 Å². The molecular formula is C13H18O5S. The molecular weight excluding hydrogens is 268 g/mol. The lowest BCUT2D eigenvalue weighted by molar-refractivity contribution is 0.0700. The van der Waals surface area contributed by atoms with Crippen LogP contribution in [-0.4, -0.2) is 42.3 Å². The Labute approximate surface area is 112 Å². The van der Waals surface area contributed by atoms with E-state index in [0.717, 1.165) is 0 Å². The van der Waals surface area contributed by atoms with Crippen LogP contribution in [0.25, 0.3) is 0 Å². The minimum absolute atomic E-state index is 0.190. The fraction of sp³-hybridized carbons (Fsp3) is 0.538. The lowest BCUT2D eigenvalue weighted by atomic mass is 10.1. The minimum Gasteiger partial charge on any atom is -0.486 e.